The maximum atomic E-state index is 11.3. The lowest BCUT2D eigenvalue weighted by molar-refractivity contribution is -0.182. The summed E-state index contributed by atoms with van der Waals surface area (Å²) < 4.78 is 37.7. The van der Waals surface area contributed by atoms with Crippen molar-refractivity contribution in [3.05, 3.63) is 11.6 Å². The minimum Gasteiger partial charge on any atom is -0.452 e. The summed E-state index contributed by atoms with van der Waals surface area (Å²) in [5.74, 6) is -1.26. The molecular weight excluding hydrogens is 184 g/mol. The average molecular weight is 189 g/mol. The van der Waals surface area contributed by atoms with Gasteiger partial charge in [0, 0.05) is 0 Å². The van der Waals surface area contributed by atoms with Crippen LogP contribution in [0.3, 0.4) is 0 Å². The summed E-state index contributed by atoms with van der Waals surface area (Å²) in [7, 11) is 0. The zero-order valence-electron chi connectivity index (χ0n) is 5.24. The molecule has 64 valence electrons. The molecule has 0 atom stereocenters. The van der Waals surface area contributed by atoms with Gasteiger partial charge in [0.1, 0.15) is 5.03 Å². The van der Waals surface area contributed by atoms with Gasteiger partial charge in [0.05, 0.1) is 0 Å². The first kappa shape index (κ1) is 10.3. The van der Waals surface area contributed by atoms with Crippen LogP contribution < -0.4 is 0 Å². The fourth-order valence-corrected chi connectivity index (χ4v) is 0.280. The summed E-state index contributed by atoms with van der Waals surface area (Å²) in [4.78, 5) is 10.2. The smallest absolute Gasteiger partial charge is 0.422 e. The minimum absolute atomic E-state index is 0.575. The molecule has 0 N–H and O–H groups in total. The number of halogens is 4. The lowest BCUT2D eigenvalue weighted by atomic mass is 10.6. The summed E-state index contributed by atoms with van der Waals surface area (Å²) >= 11 is 4.92. The lowest BCUT2D eigenvalue weighted by Gasteiger charge is -2.05. The largest absolute Gasteiger partial charge is 0.452 e. The van der Waals surface area contributed by atoms with Gasteiger partial charge in [0.15, 0.2) is 6.61 Å². The molecule has 0 unspecified atom stereocenters. The van der Waals surface area contributed by atoms with Crippen molar-refractivity contribution >= 4 is 17.6 Å². The predicted octanol–water partition coefficient (Wildman–Crippen LogP) is 1.84. The highest BCUT2D eigenvalue weighted by Gasteiger charge is 2.29. The number of carbonyl (C=O) groups is 1. The molecule has 0 spiro atoms. The van der Waals surface area contributed by atoms with E-state index in [2.05, 4.69) is 11.3 Å². The number of hydrogen-bond donors (Lipinski definition) is 0. The zero-order valence-corrected chi connectivity index (χ0v) is 6.00. The van der Waals surface area contributed by atoms with Crippen molar-refractivity contribution in [2.45, 2.75) is 6.18 Å². The Kier molecular flexibility index (Phi) is 3.38. The van der Waals surface area contributed by atoms with Gasteiger partial charge in [0.25, 0.3) is 0 Å². The molecule has 0 aromatic carbocycles. The molecule has 11 heavy (non-hydrogen) atoms. The van der Waals surface area contributed by atoms with E-state index in [1.807, 2.05) is 0 Å². The second-order valence-electron chi connectivity index (χ2n) is 1.60. The predicted molar refractivity (Wildman–Crippen MR) is 32.0 cm³/mol. The fraction of sp³-hybridized carbons (Fsp3) is 0.400. The number of alkyl halides is 3. The zero-order chi connectivity index (χ0) is 9.07. The van der Waals surface area contributed by atoms with E-state index in [0.717, 1.165) is 0 Å². The first-order valence-corrected chi connectivity index (χ1v) is 2.79. The SMILES string of the molecule is C=C(Cl)C(=O)OCC(F)(F)F. The van der Waals surface area contributed by atoms with E-state index >= 15 is 0 Å². The van der Waals surface area contributed by atoms with Crippen LogP contribution in [0.25, 0.3) is 0 Å². The molecule has 0 aromatic rings. The molecule has 0 fully saturated rings. The average Bonchev–Trinajstić information content (AvgIpc) is 1.80. The normalized spacial score (nSPS) is 10.9. The molecule has 0 aliphatic heterocycles. The second-order valence-corrected chi connectivity index (χ2v) is 2.05. The summed E-state index contributed by atoms with van der Waals surface area (Å²) in [6.45, 7) is 1.24. The molecule has 6 heteroatoms. The standard InChI is InChI=1S/C5H4ClF3O2/c1-3(6)4(10)11-2-5(7,8)9/h1-2H2. The van der Waals surface area contributed by atoms with Crippen molar-refractivity contribution in [1.29, 1.82) is 0 Å². The molecule has 0 saturated heterocycles. The molecule has 0 aliphatic rings. The van der Waals surface area contributed by atoms with Gasteiger partial charge >= 0.3 is 12.1 Å². The number of hydrogen-bond acceptors (Lipinski definition) is 2. The number of carbonyl (C=O) groups excluding carboxylic acids is 1. The molecule has 0 radical (unpaired) electrons. The van der Waals surface area contributed by atoms with E-state index in [1.165, 1.54) is 0 Å². The topological polar surface area (TPSA) is 26.3 Å². The van der Waals surface area contributed by atoms with Gasteiger partial charge in [-0.25, -0.2) is 4.79 Å². The number of ether oxygens (including phenoxy) is 1. The molecule has 0 rings (SSSR count). The van der Waals surface area contributed by atoms with Crippen LogP contribution in [0.5, 0.6) is 0 Å². The fourth-order valence-electron chi connectivity index (χ4n) is 0.226. The first-order valence-electron chi connectivity index (χ1n) is 2.41. The van der Waals surface area contributed by atoms with Crippen LogP contribution in [0.1, 0.15) is 0 Å². The Balaban J connectivity index is 3.73. The molecule has 0 aliphatic carbocycles. The summed E-state index contributed by atoms with van der Waals surface area (Å²) in [6, 6.07) is 0. The van der Waals surface area contributed by atoms with E-state index in [1.54, 1.807) is 0 Å². The van der Waals surface area contributed by atoms with Crippen LogP contribution >= 0.6 is 11.6 Å². The Morgan fingerprint density at radius 3 is 2.27 bits per heavy atom. The summed E-state index contributed by atoms with van der Waals surface area (Å²) in [6.07, 6.45) is -4.53. The summed E-state index contributed by atoms with van der Waals surface area (Å²) in [5, 5.41) is -0.575. The van der Waals surface area contributed by atoms with E-state index in [-0.39, 0.29) is 0 Å². The molecule has 0 bridgehead atoms. The molecule has 0 heterocycles. The van der Waals surface area contributed by atoms with Gasteiger partial charge in [-0.05, 0) is 0 Å². The van der Waals surface area contributed by atoms with Crippen molar-refractivity contribution < 1.29 is 22.7 Å². The molecular formula is C5H4ClF3O2. The van der Waals surface area contributed by atoms with Crippen molar-refractivity contribution in [3.63, 3.8) is 0 Å². The maximum absolute atomic E-state index is 11.3. The van der Waals surface area contributed by atoms with Gasteiger partial charge < -0.3 is 4.74 Å². The van der Waals surface area contributed by atoms with E-state index in [4.69, 9.17) is 11.6 Å². The molecule has 2 nitrogen and oxygen atoms in total. The maximum Gasteiger partial charge on any atom is 0.422 e. The van der Waals surface area contributed by atoms with Gasteiger partial charge in [-0.1, -0.05) is 18.2 Å². The van der Waals surface area contributed by atoms with E-state index in [0.29, 0.717) is 0 Å². The second kappa shape index (κ2) is 3.61. The monoisotopic (exact) mass is 188 g/mol. The quantitative estimate of drug-likeness (QED) is 0.488. The third kappa shape index (κ3) is 5.72. The number of rotatable bonds is 2. The van der Waals surface area contributed by atoms with Crippen LogP contribution in [-0.2, 0) is 9.53 Å². The van der Waals surface area contributed by atoms with Crippen molar-refractivity contribution in [2.24, 2.45) is 0 Å². The Labute approximate surface area is 65.6 Å². The van der Waals surface area contributed by atoms with Crippen LogP contribution in [0.15, 0.2) is 11.6 Å². The van der Waals surface area contributed by atoms with Crippen LogP contribution in [0.4, 0.5) is 13.2 Å². The molecule has 0 aromatic heterocycles. The van der Waals surface area contributed by atoms with Gasteiger partial charge in [0.2, 0.25) is 0 Å². The number of esters is 1. The van der Waals surface area contributed by atoms with Gasteiger partial charge in [-0.2, -0.15) is 13.2 Å². The van der Waals surface area contributed by atoms with Crippen LogP contribution in [0.2, 0.25) is 0 Å². The molecule has 0 amide bonds. The Hall–Kier alpha value is -0.710. The lowest BCUT2D eigenvalue weighted by Crippen LogP contribution is -2.20. The molecule has 0 saturated carbocycles. The van der Waals surface area contributed by atoms with Crippen molar-refractivity contribution in [1.82, 2.24) is 0 Å². The third-order valence-electron chi connectivity index (χ3n) is 0.588. The Morgan fingerprint density at radius 2 is 2.00 bits per heavy atom. The van der Waals surface area contributed by atoms with Crippen molar-refractivity contribution in [3.8, 4) is 0 Å². The Bertz CT molecular complexity index is 175. The highest BCUT2D eigenvalue weighted by Crippen LogP contribution is 2.15. The van der Waals surface area contributed by atoms with E-state index in [9.17, 15) is 18.0 Å². The highest BCUT2D eigenvalue weighted by molar-refractivity contribution is 6.40. The minimum atomic E-state index is -4.53. The highest BCUT2D eigenvalue weighted by atomic mass is 35.5. The van der Waals surface area contributed by atoms with E-state index < -0.39 is 23.8 Å². The third-order valence-corrected chi connectivity index (χ3v) is 0.743. The van der Waals surface area contributed by atoms with Gasteiger partial charge in [-0.3, -0.25) is 0 Å². The Morgan fingerprint density at radius 1 is 1.55 bits per heavy atom. The van der Waals surface area contributed by atoms with Gasteiger partial charge in [-0.15, -0.1) is 0 Å². The van der Waals surface area contributed by atoms with Crippen molar-refractivity contribution in [2.75, 3.05) is 6.61 Å². The van der Waals surface area contributed by atoms with Crippen LogP contribution in [-0.4, -0.2) is 18.8 Å². The first-order chi connectivity index (χ1) is 4.83. The van der Waals surface area contributed by atoms with Crippen LogP contribution in [0, 0.1) is 0 Å². The summed E-state index contributed by atoms with van der Waals surface area (Å²) in [5.41, 5.74) is 0.